The molecule has 0 aromatic rings. The van der Waals surface area contributed by atoms with Gasteiger partial charge in [0.25, 0.3) is 0 Å². The summed E-state index contributed by atoms with van der Waals surface area (Å²) >= 11 is 2.23. The molecule has 3 aliphatic rings. The van der Waals surface area contributed by atoms with E-state index in [1.165, 1.54) is 0 Å². The van der Waals surface area contributed by atoms with Crippen molar-refractivity contribution in [2.75, 3.05) is 0 Å². The average molecular weight is 308 g/mol. The summed E-state index contributed by atoms with van der Waals surface area (Å²) in [7, 11) is 0. The molecule has 0 radical (unpaired) electrons. The van der Waals surface area contributed by atoms with Crippen LogP contribution in [0.2, 0.25) is 0 Å². The first-order chi connectivity index (χ1) is 6.61. The number of carbonyl (C=O) groups excluding carboxylic acids is 1. The molecule has 2 saturated carbocycles. The number of aliphatic carboxylic acids is 1. The standard InChI is InChI=1S/C9H9IO4/c10-6-2-1-3-5(4(2)8(11)12)9(13)14-7(3)6/h2-7H,1H2,(H,11,12)/t2-,3-,4-,5-,6-,7+/m1/s1. The molecule has 2 aliphatic carbocycles. The molecule has 76 valence electrons. The first kappa shape index (κ1) is 8.94. The van der Waals surface area contributed by atoms with Crippen LogP contribution in [0.25, 0.3) is 0 Å². The Hall–Kier alpha value is -0.330. The molecule has 2 bridgehead atoms. The van der Waals surface area contributed by atoms with Crippen molar-refractivity contribution in [3.8, 4) is 0 Å². The van der Waals surface area contributed by atoms with Gasteiger partial charge in [0.15, 0.2) is 0 Å². The summed E-state index contributed by atoms with van der Waals surface area (Å²) in [5.74, 6) is -1.65. The van der Waals surface area contributed by atoms with Crippen molar-refractivity contribution in [1.82, 2.24) is 0 Å². The second-order valence-corrected chi connectivity index (χ2v) is 5.74. The van der Waals surface area contributed by atoms with Gasteiger partial charge in [-0.2, -0.15) is 0 Å². The summed E-state index contributed by atoms with van der Waals surface area (Å²) < 4.78 is 5.42. The highest BCUT2D eigenvalue weighted by molar-refractivity contribution is 14.1. The van der Waals surface area contributed by atoms with E-state index in [0.29, 0.717) is 0 Å². The Bertz CT molecular complexity index is 329. The van der Waals surface area contributed by atoms with E-state index in [1.54, 1.807) is 0 Å². The molecule has 0 aromatic heterocycles. The van der Waals surface area contributed by atoms with Crippen LogP contribution < -0.4 is 0 Å². The van der Waals surface area contributed by atoms with Crippen molar-refractivity contribution >= 4 is 34.5 Å². The van der Waals surface area contributed by atoms with Gasteiger partial charge in [0, 0.05) is 5.92 Å². The van der Waals surface area contributed by atoms with E-state index in [1.807, 2.05) is 0 Å². The number of carbonyl (C=O) groups is 2. The lowest BCUT2D eigenvalue weighted by Gasteiger charge is -2.25. The third-order valence-electron chi connectivity index (χ3n) is 3.81. The fourth-order valence-corrected chi connectivity index (χ4v) is 4.73. The first-order valence-corrected chi connectivity index (χ1v) is 5.93. The molecule has 0 unspecified atom stereocenters. The fourth-order valence-electron chi connectivity index (χ4n) is 3.31. The van der Waals surface area contributed by atoms with Crippen molar-refractivity contribution < 1.29 is 19.4 Å². The molecular weight excluding hydrogens is 299 g/mol. The number of rotatable bonds is 1. The highest BCUT2D eigenvalue weighted by Crippen LogP contribution is 2.59. The second kappa shape index (κ2) is 2.62. The van der Waals surface area contributed by atoms with E-state index in [2.05, 4.69) is 22.6 Å². The lowest BCUT2D eigenvalue weighted by Crippen LogP contribution is -2.37. The van der Waals surface area contributed by atoms with Gasteiger partial charge in [-0.15, -0.1) is 0 Å². The average Bonchev–Trinajstić information content (AvgIpc) is 2.67. The van der Waals surface area contributed by atoms with Gasteiger partial charge in [-0.3, -0.25) is 9.59 Å². The SMILES string of the molecule is O=C(O)[C@@H]1[C@H]2C[C@H]3[C@H](OC(=O)[C@H]31)[C@@H]2I. The lowest BCUT2D eigenvalue weighted by molar-refractivity contribution is -0.151. The molecule has 0 aromatic carbocycles. The second-order valence-electron chi connectivity index (χ2n) is 4.30. The highest BCUT2D eigenvalue weighted by atomic mass is 127. The number of ether oxygens (including phenoxy) is 1. The van der Waals surface area contributed by atoms with E-state index >= 15 is 0 Å². The Morgan fingerprint density at radius 2 is 2.21 bits per heavy atom. The third kappa shape index (κ3) is 0.844. The minimum absolute atomic E-state index is 0.00583. The summed E-state index contributed by atoms with van der Waals surface area (Å²) in [5, 5.41) is 9.08. The van der Waals surface area contributed by atoms with Crippen molar-refractivity contribution in [2.45, 2.75) is 16.4 Å². The number of fused-ring (bicyclic) bond motifs is 1. The Morgan fingerprint density at radius 3 is 2.86 bits per heavy atom. The van der Waals surface area contributed by atoms with Gasteiger partial charge in [0.2, 0.25) is 0 Å². The number of esters is 1. The third-order valence-corrected chi connectivity index (χ3v) is 5.44. The van der Waals surface area contributed by atoms with Crippen LogP contribution in [0.15, 0.2) is 0 Å². The Morgan fingerprint density at radius 1 is 1.50 bits per heavy atom. The van der Waals surface area contributed by atoms with Gasteiger partial charge in [-0.05, 0) is 12.3 Å². The molecule has 4 nitrogen and oxygen atoms in total. The van der Waals surface area contributed by atoms with Crippen LogP contribution in [0.4, 0.5) is 0 Å². The molecule has 5 heteroatoms. The smallest absolute Gasteiger partial charge is 0.310 e. The van der Waals surface area contributed by atoms with Crippen LogP contribution in [0.3, 0.4) is 0 Å². The zero-order chi connectivity index (χ0) is 10.0. The maximum Gasteiger partial charge on any atom is 0.310 e. The van der Waals surface area contributed by atoms with Crippen LogP contribution in [-0.2, 0) is 14.3 Å². The summed E-state index contributed by atoms with van der Waals surface area (Å²) in [4.78, 5) is 22.5. The molecule has 3 rings (SSSR count). The largest absolute Gasteiger partial charge is 0.481 e. The van der Waals surface area contributed by atoms with Gasteiger partial charge in [0.05, 0.1) is 15.8 Å². The zero-order valence-corrected chi connectivity index (χ0v) is 9.38. The van der Waals surface area contributed by atoms with Gasteiger partial charge in [-0.25, -0.2) is 0 Å². The van der Waals surface area contributed by atoms with Crippen molar-refractivity contribution in [2.24, 2.45) is 23.7 Å². The summed E-state index contributed by atoms with van der Waals surface area (Å²) in [6.45, 7) is 0. The summed E-state index contributed by atoms with van der Waals surface area (Å²) in [5.41, 5.74) is 0. The Balaban J connectivity index is 2.04. The van der Waals surface area contributed by atoms with E-state index in [4.69, 9.17) is 9.84 Å². The predicted octanol–water partition coefficient (Wildman–Crippen LogP) is 0.682. The lowest BCUT2D eigenvalue weighted by atomic mass is 9.80. The Kier molecular flexibility index (Phi) is 1.67. The van der Waals surface area contributed by atoms with Crippen molar-refractivity contribution in [3.63, 3.8) is 0 Å². The van der Waals surface area contributed by atoms with Gasteiger partial charge >= 0.3 is 11.9 Å². The van der Waals surface area contributed by atoms with E-state index in [0.717, 1.165) is 6.42 Å². The van der Waals surface area contributed by atoms with E-state index < -0.39 is 11.9 Å². The van der Waals surface area contributed by atoms with Crippen LogP contribution in [-0.4, -0.2) is 27.1 Å². The molecule has 1 N–H and O–H groups in total. The first-order valence-electron chi connectivity index (χ1n) is 4.68. The maximum atomic E-state index is 11.5. The number of hydrogen-bond donors (Lipinski definition) is 1. The Labute approximate surface area is 94.1 Å². The van der Waals surface area contributed by atoms with E-state index in [-0.39, 0.29) is 33.8 Å². The minimum atomic E-state index is -0.832. The van der Waals surface area contributed by atoms with Crippen LogP contribution in [0, 0.1) is 23.7 Å². The predicted molar refractivity (Wildman–Crippen MR) is 53.9 cm³/mol. The maximum absolute atomic E-state index is 11.5. The highest BCUT2D eigenvalue weighted by Gasteiger charge is 2.67. The van der Waals surface area contributed by atoms with Gasteiger partial charge in [-0.1, -0.05) is 22.6 Å². The van der Waals surface area contributed by atoms with Gasteiger partial charge in [0.1, 0.15) is 6.10 Å². The molecule has 1 heterocycles. The van der Waals surface area contributed by atoms with Crippen LogP contribution in [0.1, 0.15) is 6.42 Å². The molecule has 14 heavy (non-hydrogen) atoms. The topological polar surface area (TPSA) is 63.6 Å². The molecular formula is C9H9IO4. The number of carboxylic acids is 1. The van der Waals surface area contributed by atoms with Crippen LogP contribution in [0.5, 0.6) is 0 Å². The molecule has 0 amide bonds. The zero-order valence-electron chi connectivity index (χ0n) is 7.22. The minimum Gasteiger partial charge on any atom is -0.481 e. The van der Waals surface area contributed by atoms with Crippen molar-refractivity contribution in [1.29, 1.82) is 0 Å². The summed E-state index contributed by atoms with van der Waals surface area (Å²) in [6, 6.07) is 0. The molecule has 0 spiro atoms. The normalized spacial score (nSPS) is 53.6. The number of alkyl halides is 1. The van der Waals surface area contributed by atoms with Gasteiger partial charge < -0.3 is 9.84 Å². The molecule has 1 aliphatic heterocycles. The summed E-state index contributed by atoms with van der Waals surface area (Å²) in [6.07, 6.45) is 0.847. The molecule has 6 atom stereocenters. The van der Waals surface area contributed by atoms with Crippen molar-refractivity contribution in [3.05, 3.63) is 0 Å². The fraction of sp³-hybridized carbons (Fsp3) is 0.778. The number of hydrogen-bond acceptors (Lipinski definition) is 3. The molecule has 1 saturated heterocycles. The molecule has 3 fully saturated rings. The number of halogens is 1. The van der Waals surface area contributed by atoms with E-state index in [9.17, 15) is 9.59 Å². The monoisotopic (exact) mass is 308 g/mol. The van der Waals surface area contributed by atoms with Crippen LogP contribution >= 0.6 is 22.6 Å². The quantitative estimate of drug-likeness (QED) is 0.440. The number of carboxylic acid groups (broad SMARTS) is 1.